The first-order valence-electron chi connectivity index (χ1n) is 8.95. The molecule has 0 unspecified atom stereocenters. The number of hydrogen-bond acceptors (Lipinski definition) is 5. The Labute approximate surface area is 141 Å². The second-order valence-corrected chi connectivity index (χ2v) is 6.72. The fraction of sp³-hybridized carbons (Fsp3) is 0.611. The summed E-state index contributed by atoms with van der Waals surface area (Å²) in [4.78, 5) is 19.4. The van der Waals surface area contributed by atoms with Crippen molar-refractivity contribution in [2.75, 3.05) is 13.2 Å². The van der Waals surface area contributed by atoms with Gasteiger partial charge in [0.25, 0.3) is 11.6 Å². The van der Waals surface area contributed by atoms with Gasteiger partial charge in [0.1, 0.15) is 0 Å². The minimum Gasteiger partial charge on any atom is -0.374 e. The summed E-state index contributed by atoms with van der Waals surface area (Å²) >= 11 is 0. The third-order valence-electron chi connectivity index (χ3n) is 5.13. The lowest BCUT2D eigenvalue weighted by atomic mass is 9.90. The molecule has 0 spiro atoms. The van der Waals surface area contributed by atoms with E-state index in [9.17, 15) is 4.79 Å². The fourth-order valence-electron chi connectivity index (χ4n) is 3.93. The SMILES string of the molecule is CCCc1noc2ncc(C(=O)N3CCO[C@H]4CCCC[C@H]43)cc12. The van der Waals surface area contributed by atoms with Crippen LogP contribution < -0.4 is 0 Å². The van der Waals surface area contributed by atoms with Crippen LogP contribution >= 0.6 is 0 Å². The van der Waals surface area contributed by atoms with Gasteiger partial charge in [0.15, 0.2) is 0 Å². The van der Waals surface area contributed by atoms with Gasteiger partial charge < -0.3 is 14.2 Å². The van der Waals surface area contributed by atoms with Gasteiger partial charge in [-0.1, -0.05) is 31.3 Å². The molecule has 2 fully saturated rings. The van der Waals surface area contributed by atoms with Gasteiger partial charge in [0.2, 0.25) is 0 Å². The Kier molecular flexibility index (Phi) is 4.22. The maximum atomic E-state index is 13.1. The van der Waals surface area contributed by atoms with Crippen LogP contribution in [0.15, 0.2) is 16.8 Å². The van der Waals surface area contributed by atoms with Gasteiger partial charge in [-0.25, -0.2) is 4.98 Å². The zero-order valence-electron chi connectivity index (χ0n) is 14.0. The van der Waals surface area contributed by atoms with Gasteiger partial charge in [-0.05, 0) is 25.3 Å². The van der Waals surface area contributed by atoms with E-state index < -0.39 is 0 Å². The highest BCUT2D eigenvalue weighted by Crippen LogP contribution is 2.30. The normalized spacial score (nSPS) is 24.1. The largest absolute Gasteiger partial charge is 0.374 e. The van der Waals surface area contributed by atoms with E-state index in [0.717, 1.165) is 43.2 Å². The van der Waals surface area contributed by atoms with Gasteiger partial charge in [-0.2, -0.15) is 0 Å². The number of carbonyl (C=O) groups is 1. The zero-order valence-corrected chi connectivity index (χ0v) is 14.0. The summed E-state index contributed by atoms with van der Waals surface area (Å²) in [6, 6.07) is 2.09. The Bertz CT molecular complexity index is 740. The van der Waals surface area contributed by atoms with Crippen molar-refractivity contribution in [3.05, 3.63) is 23.5 Å². The molecule has 24 heavy (non-hydrogen) atoms. The molecule has 128 valence electrons. The number of aryl methyl sites for hydroxylation is 1. The fourth-order valence-corrected chi connectivity index (χ4v) is 3.93. The number of morpholine rings is 1. The number of rotatable bonds is 3. The quantitative estimate of drug-likeness (QED) is 0.866. The second-order valence-electron chi connectivity index (χ2n) is 6.72. The minimum atomic E-state index is 0.0493. The summed E-state index contributed by atoms with van der Waals surface area (Å²) in [5.74, 6) is 0.0493. The molecule has 3 heterocycles. The minimum absolute atomic E-state index is 0.0493. The Balaban J connectivity index is 1.63. The Morgan fingerprint density at radius 3 is 3.12 bits per heavy atom. The van der Waals surface area contributed by atoms with Crippen LogP contribution in [0.1, 0.15) is 55.1 Å². The molecule has 0 aromatic carbocycles. The van der Waals surface area contributed by atoms with Crippen LogP contribution in [0.4, 0.5) is 0 Å². The molecule has 1 aliphatic heterocycles. The Morgan fingerprint density at radius 2 is 2.25 bits per heavy atom. The van der Waals surface area contributed by atoms with Gasteiger partial charge in [0, 0.05) is 12.7 Å². The van der Waals surface area contributed by atoms with Gasteiger partial charge >= 0.3 is 0 Å². The van der Waals surface area contributed by atoms with Crippen molar-refractivity contribution in [3.8, 4) is 0 Å². The van der Waals surface area contributed by atoms with Crippen molar-refractivity contribution in [1.82, 2.24) is 15.0 Å². The molecule has 1 saturated heterocycles. The average molecular weight is 329 g/mol. The van der Waals surface area contributed by atoms with E-state index in [-0.39, 0.29) is 18.1 Å². The van der Waals surface area contributed by atoms with Crippen molar-refractivity contribution in [2.24, 2.45) is 0 Å². The van der Waals surface area contributed by atoms with E-state index in [1.165, 1.54) is 6.42 Å². The number of hydrogen-bond donors (Lipinski definition) is 0. The first-order chi connectivity index (χ1) is 11.8. The topological polar surface area (TPSA) is 68.5 Å². The molecule has 1 amide bonds. The lowest BCUT2D eigenvalue weighted by Gasteiger charge is -2.43. The average Bonchev–Trinajstić information content (AvgIpc) is 3.03. The molecule has 0 N–H and O–H groups in total. The van der Waals surface area contributed by atoms with E-state index in [1.54, 1.807) is 6.20 Å². The number of carbonyl (C=O) groups excluding carboxylic acids is 1. The number of fused-ring (bicyclic) bond motifs is 2. The van der Waals surface area contributed by atoms with Crippen molar-refractivity contribution >= 4 is 17.0 Å². The summed E-state index contributed by atoms with van der Waals surface area (Å²) in [5.41, 5.74) is 2.01. The molecule has 2 aromatic heterocycles. The molecule has 6 heteroatoms. The maximum absolute atomic E-state index is 13.1. The van der Waals surface area contributed by atoms with Crippen LogP contribution in [0.5, 0.6) is 0 Å². The molecule has 1 saturated carbocycles. The highest BCUT2D eigenvalue weighted by molar-refractivity contribution is 5.97. The Hall–Kier alpha value is -1.95. The molecule has 6 nitrogen and oxygen atoms in total. The van der Waals surface area contributed by atoms with Crippen LogP contribution in [0, 0.1) is 0 Å². The first-order valence-corrected chi connectivity index (χ1v) is 8.95. The molecular weight excluding hydrogens is 306 g/mol. The molecule has 2 aromatic rings. The number of nitrogens with zero attached hydrogens (tertiary/aromatic N) is 3. The summed E-state index contributed by atoms with van der Waals surface area (Å²) in [7, 11) is 0. The molecule has 2 aliphatic rings. The van der Waals surface area contributed by atoms with Crippen LogP contribution in [0.2, 0.25) is 0 Å². The highest BCUT2D eigenvalue weighted by atomic mass is 16.5. The Morgan fingerprint density at radius 1 is 1.38 bits per heavy atom. The molecule has 2 atom stereocenters. The molecule has 4 rings (SSSR count). The number of amides is 1. The van der Waals surface area contributed by atoms with E-state index in [2.05, 4.69) is 17.1 Å². The van der Waals surface area contributed by atoms with Crippen molar-refractivity contribution in [2.45, 2.75) is 57.6 Å². The smallest absolute Gasteiger partial charge is 0.257 e. The number of aromatic nitrogens is 2. The zero-order chi connectivity index (χ0) is 16.5. The van der Waals surface area contributed by atoms with Crippen molar-refractivity contribution < 1.29 is 14.1 Å². The van der Waals surface area contributed by atoms with Crippen molar-refractivity contribution in [1.29, 1.82) is 0 Å². The predicted octanol–water partition coefficient (Wildman–Crippen LogP) is 2.96. The predicted molar refractivity (Wildman–Crippen MR) is 88.8 cm³/mol. The molecule has 1 aliphatic carbocycles. The van der Waals surface area contributed by atoms with Crippen LogP contribution in [0.25, 0.3) is 11.1 Å². The molecular formula is C18H23N3O3. The molecule has 0 bridgehead atoms. The van der Waals surface area contributed by atoms with Crippen LogP contribution in [-0.2, 0) is 11.2 Å². The number of pyridine rings is 1. The summed E-state index contributed by atoms with van der Waals surface area (Å²) in [6.45, 7) is 3.38. The van der Waals surface area contributed by atoms with E-state index in [4.69, 9.17) is 9.26 Å². The summed E-state index contributed by atoms with van der Waals surface area (Å²) < 4.78 is 11.1. The van der Waals surface area contributed by atoms with Crippen LogP contribution in [0.3, 0.4) is 0 Å². The first kappa shape index (κ1) is 15.6. The summed E-state index contributed by atoms with van der Waals surface area (Å²) in [6.07, 6.45) is 8.05. The highest BCUT2D eigenvalue weighted by Gasteiger charge is 2.37. The third-order valence-corrected chi connectivity index (χ3v) is 5.13. The summed E-state index contributed by atoms with van der Waals surface area (Å²) in [5, 5.41) is 4.94. The number of ether oxygens (including phenoxy) is 1. The standard InChI is InChI=1S/C18H23N3O3/c1-2-5-14-13-10-12(11-19-17(13)24-20-14)18(22)21-8-9-23-16-7-4-3-6-15(16)21/h10-11,15-16H,2-9H2,1H3/t15-,16+/m1/s1. The lowest BCUT2D eigenvalue weighted by molar-refractivity contribution is -0.0752. The van der Waals surface area contributed by atoms with E-state index >= 15 is 0 Å². The van der Waals surface area contributed by atoms with Crippen LogP contribution in [-0.4, -0.2) is 46.2 Å². The van der Waals surface area contributed by atoms with Gasteiger partial charge in [-0.3, -0.25) is 4.79 Å². The second kappa shape index (κ2) is 6.51. The van der Waals surface area contributed by atoms with Crippen molar-refractivity contribution in [3.63, 3.8) is 0 Å². The van der Waals surface area contributed by atoms with E-state index in [0.29, 0.717) is 24.4 Å². The van der Waals surface area contributed by atoms with Gasteiger partial charge in [-0.15, -0.1) is 0 Å². The van der Waals surface area contributed by atoms with E-state index in [1.807, 2.05) is 11.0 Å². The maximum Gasteiger partial charge on any atom is 0.257 e. The third kappa shape index (κ3) is 2.69. The van der Waals surface area contributed by atoms with Gasteiger partial charge in [0.05, 0.1) is 35.4 Å². The monoisotopic (exact) mass is 329 g/mol. The molecule has 0 radical (unpaired) electrons. The lowest BCUT2D eigenvalue weighted by Crippen LogP contribution is -2.54.